The summed E-state index contributed by atoms with van der Waals surface area (Å²) in [5, 5.41) is 0. The third kappa shape index (κ3) is 2.82. The van der Waals surface area contributed by atoms with E-state index in [9.17, 15) is 9.59 Å². The second-order valence-electron chi connectivity index (χ2n) is 5.29. The number of carbonyl (C=O) groups is 2. The smallest absolute Gasteiger partial charge is 0.266 e. The number of anilines is 1. The highest BCUT2D eigenvalue weighted by atomic mass is 16.5. The number of benzene rings is 2. The normalized spacial score (nSPS) is 13.7. The van der Waals surface area contributed by atoms with Crippen molar-refractivity contribution in [2.45, 2.75) is 0 Å². The highest BCUT2D eigenvalue weighted by Gasteiger charge is 2.34. The maximum atomic E-state index is 12.8. The lowest BCUT2D eigenvalue weighted by Gasteiger charge is -2.19. The SMILES string of the molecule is COc1cc(N2C(=O)C=C(c3ccccc3)C2=O)cc(OC)c1OC. The molecule has 0 radical (unpaired) electrons. The molecule has 2 amide bonds. The van der Waals surface area contributed by atoms with Gasteiger partial charge in [-0.15, -0.1) is 0 Å². The molecule has 0 spiro atoms. The first kappa shape index (κ1) is 16.6. The van der Waals surface area contributed by atoms with E-state index in [1.54, 1.807) is 24.3 Å². The summed E-state index contributed by atoms with van der Waals surface area (Å²) in [6.45, 7) is 0. The van der Waals surface area contributed by atoms with Gasteiger partial charge in [-0.05, 0) is 5.56 Å². The summed E-state index contributed by atoms with van der Waals surface area (Å²) in [5.41, 5.74) is 1.39. The minimum Gasteiger partial charge on any atom is -0.493 e. The Hall–Kier alpha value is -3.28. The number of nitrogens with zero attached hydrogens (tertiary/aromatic N) is 1. The van der Waals surface area contributed by atoms with Gasteiger partial charge in [-0.2, -0.15) is 0 Å². The van der Waals surface area contributed by atoms with Gasteiger partial charge in [-0.1, -0.05) is 30.3 Å². The fourth-order valence-electron chi connectivity index (χ4n) is 2.74. The first-order chi connectivity index (χ1) is 12.1. The summed E-state index contributed by atoms with van der Waals surface area (Å²) in [7, 11) is 4.44. The van der Waals surface area contributed by atoms with E-state index < -0.39 is 11.8 Å². The molecule has 3 rings (SSSR count). The van der Waals surface area contributed by atoms with Crippen LogP contribution in [0.3, 0.4) is 0 Å². The lowest BCUT2D eigenvalue weighted by Crippen LogP contribution is -2.30. The Labute approximate surface area is 145 Å². The molecular weight excluding hydrogens is 322 g/mol. The third-order valence-electron chi connectivity index (χ3n) is 3.91. The summed E-state index contributed by atoms with van der Waals surface area (Å²) in [6.07, 6.45) is 1.33. The van der Waals surface area contributed by atoms with Crippen molar-refractivity contribution in [1.82, 2.24) is 0 Å². The Kier molecular flexibility index (Phi) is 4.43. The van der Waals surface area contributed by atoms with Crippen molar-refractivity contribution >= 4 is 23.1 Å². The second-order valence-corrected chi connectivity index (χ2v) is 5.29. The van der Waals surface area contributed by atoms with Crippen LogP contribution in [0.1, 0.15) is 5.56 Å². The molecular formula is C19H17NO5. The number of hydrogen-bond acceptors (Lipinski definition) is 5. The van der Waals surface area contributed by atoms with Crippen molar-refractivity contribution in [3.05, 3.63) is 54.1 Å². The van der Waals surface area contributed by atoms with Crippen LogP contribution in [0.25, 0.3) is 5.57 Å². The molecule has 2 aromatic rings. The first-order valence-corrected chi connectivity index (χ1v) is 7.56. The van der Waals surface area contributed by atoms with E-state index in [2.05, 4.69) is 0 Å². The van der Waals surface area contributed by atoms with Crippen LogP contribution in [-0.2, 0) is 9.59 Å². The molecule has 0 aromatic heterocycles. The van der Waals surface area contributed by atoms with E-state index in [-0.39, 0.29) is 0 Å². The van der Waals surface area contributed by atoms with Gasteiger partial charge in [-0.25, -0.2) is 4.90 Å². The van der Waals surface area contributed by atoms with Crippen molar-refractivity contribution in [1.29, 1.82) is 0 Å². The molecule has 0 aliphatic carbocycles. The monoisotopic (exact) mass is 339 g/mol. The molecule has 128 valence electrons. The number of hydrogen-bond donors (Lipinski definition) is 0. The van der Waals surface area contributed by atoms with Crippen LogP contribution in [0.15, 0.2) is 48.5 Å². The van der Waals surface area contributed by atoms with Crippen molar-refractivity contribution in [2.24, 2.45) is 0 Å². The number of imide groups is 1. The van der Waals surface area contributed by atoms with Crippen LogP contribution in [-0.4, -0.2) is 33.1 Å². The topological polar surface area (TPSA) is 65.1 Å². The lowest BCUT2D eigenvalue weighted by atomic mass is 10.1. The summed E-state index contributed by atoms with van der Waals surface area (Å²) in [6, 6.07) is 12.2. The number of rotatable bonds is 5. The largest absolute Gasteiger partial charge is 0.493 e. The average molecular weight is 339 g/mol. The summed E-state index contributed by atoms with van der Waals surface area (Å²) >= 11 is 0. The molecule has 25 heavy (non-hydrogen) atoms. The average Bonchev–Trinajstić information content (AvgIpc) is 2.95. The minimum absolute atomic E-state index is 0.347. The molecule has 0 saturated heterocycles. The van der Waals surface area contributed by atoms with Gasteiger partial charge in [0.1, 0.15) is 0 Å². The van der Waals surface area contributed by atoms with E-state index >= 15 is 0 Å². The Morgan fingerprint density at radius 1 is 0.840 bits per heavy atom. The van der Waals surface area contributed by atoms with Gasteiger partial charge in [0, 0.05) is 18.2 Å². The van der Waals surface area contributed by atoms with Crippen molar-refractivity contribution in [3.8, 4) is 17.2 Å². The van der Waals surface area contributed by atoms with Crippen LogP contribution in [0.4, 0.5) is 5.69 Å². The summed E-state index contributed by atoms with van der Waals surface area (Å²) < 4.78 is 15.8. The number of amides is 2. The maximum absolute atomic E-state index is 12.8. The number of ether oxygens (including phenoxy) is 3. The van der Waals surface area contributed by atoms with Gasteiger partial charge in [0.25, 0.3) is 11.8 Å². The molecule has 2 aromatic carbocycles. The lowest BCUT2D eigenvalue weighted by molar-refractivity contribution is -0.119. The third-order valence-corrected chi connectivity index (χ3v) is 3.91. The molecule has 0 atom stereocenters. The second kappa shape index (κ2) is 6.68. The first-order valence-electron chi connectivity index (χ1n) is 7.56. The standard InChI is InChI=1S/C19H17NO5/c1-23-15-9-13(10-16(24-2)18(15)25-3)20-17(21)11-14(19(20)22)12-7-5-4-6-8-12/h4-11H,1-3H3. The van der Waals surface area contributed by atoms with E-state index in [1.165, 1.54) is 27.4 Å². The summed E-state index contributed by atoms with van der Waals surface area (Å²) in [4.78, 5) is 26.3. The van der Waals surface area contributed by atoms with E-state index in [4.69, 9.17) is 14.2 Å². The van der Waals surface area contributed by atoms with Crippen LogP contribution in [0, 0.1) is 0 Å². The van der Waals surface area contributed by atoms with Crippen LogP contribution < -0.4 is 19.1 Å². The van der Waals surface area contributed by atoms with E-state index in [0.717, 1.165) is 4.90 Å². The van der Waals surface area contributed by atoms with E-state index in [1.807, 2.05) is 18.2 Å². The zero-order valence-electron chi connectivity index (χ0n) is 14.1. The van der Waals surface area contributed by atoms with Crippen LogP contribution in [0.2, 0.25) is 0 Å². The quantitative estimate of drug-likeness (QED) is 0.784. The molecule has 0 bridgehead atoms. The fourth-order valence-corrected chi connectivity index (χ4v) is 2.74. The molecule has 6 nitrogen and oxygen atoms in total. The molecule has 0 unspecified atom stereocenters. The van der Waals surface area contributed by atoms with Crippen molar-refractivity contribution in [2.75, 3.05) is 26.2 Å². The number of methoxy groups -OCH3 is 3. The Balaban J connectivity index is 2.04. The Morgan fingerprint density at radius 3 is 1.96 bits per heavy atom. The van der Waals surface area contributed by atoms with Crippen molar-refractivity contribution < 1.29 is 23.8 Å². The molecule has 0 fully saturated rings. The number of carbonyl (C=O) groups excluding carboxylic acids is 2. The van der Waals surface area contributed by atoms with Crippen LogP contribution >= 0.6 is 0 Å². The molecule has 6 heteroatoms. The molecule has 1 aliphatic rings. The minimum atomic E-state index is -0.418. The van der Waals surface area contributed by atoms with Gasteiger partial charge in [0.15, 0.2) is 11.5 Å². The van der Waals surface area contributed by atoms with Gasteiger partial charge >= 0.3 is 0 Å². The summed E-state index contributed by atoms with van der Waals surface area (Å²) in [5.74, 6) is 0.309. The zero-order valence-corrected chi connectivity index (χ0v) is 14.1. The van der Waals surface area contributed by atoms with Crippen LogP contribution in [0.5, 0.6) is 17.2 Å². The predicted molar refractivity (Wildman–Crippen MR) is 93.0 cm³/mol. The fraction of sp³-hybridized carbons (Fsp3) is 0.158. The van der Waals surface area contributed by atoms with Crippen molar-refractivity contribution in [3.63, 3.8) is 0 Å². The van der Waals surface area contributed by atoms with E-state index in [0.29, 0.717) is 34.1 Å². The predicted octanol–water partition coefficient (Wildman–Crippen LogP) is 2.67. The molecule has 1 aliphatic heterocycles. The van der Waals surface area contributed by atoms with Gasteiger partial charge in [-0.3, -0.25) is 9.59 Å². The highest BCUT2D eigenvalue weighted by molar-refractivity contribution is 6.43. The molecule has 1 heterocycles. The Morgan fingerprint density at radius 2 is 1.44 bits per heavy atom. The molecule has 0 N–H and O–H groups in total. The maximum Gasteiger partial charge on any atom is 0.266 e. The van der Waals surface area contributed by atoms with Gasteiger partial charge < -0.3 is 14.2 Å². The Bertz CT molecular complexity index is 832. The van der Waals surface area contributed by atoms with Gasteiger partial charge in [0.05, 0.1) is 32.6 Å². The zero-order chi connectivity index (χ0) is 18.0. The molecule has 0 saturated carbocycles. The highest BCUT2D eigenvalue weighted by Crippen LogP contribution is 2.42. The van der Waals surface area contributed by atoms with Gasteiger partial charge in [0.2, 0.25) is 5.75 Å².